The van der Waals surface area contributed by atoms with Crippen molar-refractivity contribution in [3.05, 3.63) is 65.1 Å². The van der Waals surface area contributed by atoms with Crippen LogP contribution in [0.25, 0.3) is 10.9 Å². The van der Waals surface area contributed by atoms with Gasteiger partial charge in [0.2, 0.25) is 5.91 Å². The van der Waals surface area contributed by atoms with E-state index in [9.17, 15) is 9.59 Å². The monoisotopic (exact) mass is 340 g/mol. The van der Waals surface area contributed by atoms with Gasteiger partial charge in [0.15, 0.2) is 0 Å². The number of nitrogens with one attached hydrogen (secondary N) is 1. The lowest BCUT2D eigenvalue weighted by Crippen LogP contribution is -2.37. The fraction of sp³-hybridized carbons (Fsp3) is 0.278. The first-order chi connectivity index (χ1) is 12.1. The van der Waals surface area contributed by atoms with Crippen LogP contribution in [0.5, 0.6) is 0 Å². The molecule has 0 aliphatic heterocycles. The van der Waals surface area contributed by atoms with Crippen molar-refractivity contribution in [3.8, 4) is 0 Å². The quantitative estimate of drug-likeness (QED) is 0.734. The number of likely N-dealkylation sites (N-methyl/N-ethyl adjacent to an activating group) is 1. The SMILES string of the molecule is CN(C)[C@H](CNC(=O)Cn1cnc2ccccc2c1=O)c1ccco1. The van der Waals surface area contributed by atoms with E-state index in [2.05, 4.69) is 10.3 Å². The molecule has 2 aromatic heterocycles. The third-order valence-electron chi connectivity index (χ3n) is 4.03. The average Bonchev–Trinajstić information content (AvgIpc) is 3.12. The molecule has 3 rings (SSSR count). The Balaban J connectivity index is 1.68. The molecule has 0 saturated carbocycles. The van der Waals surface area contributed by atoms with Gasteiger partial charge in [-0.15, -0.1) is 0 Å². The molecule has 0 aliphatic carbocycles. The Morgan fingerprint density at radius 2 is 2.08 bits per heavy atom. The number of fused-ring (bicyclic) bond motifs is 1. The van der Waals surface area contributed by atoms with Gasteiger partial charge >= 0.3 is 0 Å². The number of nitrogens with zero attached hydrogens (tertiary/aromatic N) is 3. The lowest BCUT2D eigenvalue weighted by Gasteiger charge is -2.22. The van der Waals surface area contributed by atoms with E-state index in [4.69, 9.17) is 4.42 Å². The minimum Gasteiger partial charge on any atom is -0.468 e. The van der Waals surface area contributed by atoms with Gasteiger partial charge in [-0.3, -0.25) is 19.1 Å². The molecule has 0 unspecified atom stereocenters. The summed E-state index contributed by atoms with van der Waals surface area (Å²) in [6, 6.07) is 10.7. The van der Waals surface area contributed by atoms with E-state index in [-0.39, 0.29) is 24.1 Å². The number of rotatable bonds is 6. The molecule has 0 radical (unpaired) electrons. The minimum absolute atomic E-state index is 0.0744. The number of benzene rings is 1. The number of hydrogen-bond acceptors (Lipinski definition) is 5. The van der Waals surface area contributed by atoms with Crippen LogP contribution in [0.2, 0.25) is 0 Å². The summed E-state index contributed by atoms with van der Waals surface area (Å²) < 4.78 is 6.73. The Kier molecular flexibility index (Phi) is 4.95. The topological polar surface area (TPSA) is 80.4 Å². The summed E-state index contributed by atoms with van der Waals surface area (Å²) in [5, 5.41) is 3.35. The Labute approximate surface area is 144 Å². The predicted octanol–water partition coefficient (Wildman–Crippen LogP) is 1.41. The van der Waals surface area contributed by atoms with Crippen molar-refractivity contribution in [2.45, 2.75) is 12.6 Å². The lowest BCUT2D eigenvalue weighted by molar-refractivity contribution is -0.122. The lowest BCUT2D eigenvalue weighted by atomic mass is 10.2. The van der Waals surface area contributed by atoms with Gasteiger partial charge in [0.05, 0.1) is 29.5 Å². The summed E-state index contributed by atoms with van der Waals surface area (Å²) in [7, 11) is 3.83. The van der Waals surface area contributed by atoms with E-state index in [1.807, 2.05) is 37.2 Å². The first kappa shape index (κ1) is 16.9. The van der Waals surface area contributed by atoms with Gasteiger partial charge in [0, 0.05) is 6.54 Å². The minimum atomic E-state index is -0.252. The van der Waals surface area contributed by atoms with Crippen LogP contribution >= 0.6 is 0 Å². The van der Waals surface area contributed by atoms with Gasteiger partial charge in [-0.1, -0.05) is 12.1 Å². The second kappa shape index (κ2) is 7.31. The third-order valence-corrected chi connectivity index (χ3v) is 4.03. The molecule has 0 spiro atoms. The summed E-state index contributed by atoms with van der Waals surface area (Å²) in [6.07, 6.45) is 3.01. The maximum atomic E-state index is 12.4. The van der Waals surface area contributed by atoms with Gasteiger partial charge in [0.1, 0.15) is 12.3 Å². The number of aromatic nitrogens is 2. The van der Waals surface area contributed by atoms with Gasteiger partial charge in [-0.05, 0) is 38.4 Å². The van der Waals surface area contributed by atoms with Crippen molar-refractivity contribution < 1.29 is 9.21 Å². The molecule has 130 valence electrons. The summed E-state index contributed by atoms with van der Waals surface area (Å²) in [5.41, 5.74) is 0.394. The van der Waals surface area contributed by atoms with Crippen molar-refractivity contribution in [2.24, 2.45) is 0 Å². The number of amides is 1. The summed E-state index contributed by atoms with van der Waals surface area (Å²) >= 11 is 0. The maximum Gasteiger partial charge on any atom is 0.261 e. The second-order valence-corrected chi connectivity index (χ2v) is 5.99. The first-order valence-electron chi connectivity index (χ1n) is 7.97. The van der Waals surface area contributed by atoms with Crippen LogP contribution in [0.1, 0.15) is 11.8 Å². The molecule has 0 fully saturated rings. The largest absolute Gasteiger partial charge is 0.468 e. The zero-order chi connectivity index (χ0) is 17.8. The number of furan rings is 1. The molecule has 7 heteroatoms. The van der Waals surface area contributed by atoms with Gasteiger partial charge < -0.3 is 9.73 Å². The first-order valence-corrected chi connectivity index (χ1v) is 7.97. The normalized spacial score (nSPS) is 12.4. The Hall–Kier alpha value is -2.93. The number of carbonyl (C=O) groups excluding carboxylic acids is 1. The van der Waals surface area contributed by atoms with Crippen molar-refractivity contribution in [2.75, 3.05) is 20.6 Å². The molecule has 1 atom stereocenters. The maximum absolute atomic E-state index is 12.4. The van der Waals surface area contributed by atoms with Crippen LogP contribution in [0, 0.1) is 0 Å². The van der Waals surface area contributed by atoms with Crippen LogP contribution in [-0.2, 0) is 11.3 Å². The van der Waals surface area contributed by atoms with E-state index >= 15 is 0 Å². The fourth-order valence-corrected chi connectivity index (χ4v) is 2.66. The van der Waals surface area contributed by atoms with Crippen molar-refractivity contribution >= 4 is 16.8 Å². The van der Waals surface area contributed by atoms with Crippen LogP contribution in [0.4, 0.5) is 0 Å². The van der Waals surface area contributed by atoms with Crippen molar-refractivity contribution in [1.82, 2.24) is 19.8 Å². The highest BCUT2D eigenvalue weighted by Crippen LogP contribution is 2.17. The predicted molar refractivity (Wildman–Crippen MR) is 94.1 cm³/mol. The average molecular weight is 340 g/mol. The molecule has 0 saturated heterocycles. The molecular formula is C18H20N4O3. The Morgan fingerprint density at radius 3 is 2.80 bits per heavy atom. The molecule has 0 bridgehead atoms. The van der Waals surface area contributed by atoms with Crippen LogP contribution in [-0.4, -0.2) is 41.0 Å². The van der Waals surface area contributed by atoms with Crippen LogP contribution in [0.3, 0.4) is 0 Å². The van der Waals surface area contributed by atoms with E-state index in [1.54, 1.807) is 24.5 Å². The summed E-state index contributed by atoms with van der Waals surface area (Å²) in [4.78, 5) is 30.8. The molecule has 1 N–H and O–H groups in total. The molecule has 3 aromatic rings. The highest BCUT2D eigenvalue weighted by molar-refractivity contribution is 5.78. The summed E-state index contributed by atoms with van der Waals surface area (Å²) in [6.45, 7) is 0.310. The molecular weight excluding hydrogens is 320 g/mol. The fourth-order valence-electron chi connectivity index (χ4n) is 2.66. The molecule has 0 aliphatic rings. The molecule has 1 amide bonds. The van der Waals surface area contributed by atoms with E-state index in [0.29, 0.717) is 17.4 Å². The zero-order valence-electron chi connectivity index (χ0n) is 14.2. The Morgan fingerprint density at radius 1 is 1.28 bits per heavy atom. The molecule has 25 heavy (non-hydrogen) atoms. The van der Waals surface area contributed by atoms with Crippen molar-refractivity contribution in [3.63, 3.8) is 0 Å². The smallest absolute Gasteiger partial charge is 0.261 e. The second-order valence-electron chi connectivity index (χ2n) is 5.99. The van der Waals surface area contributed by atoms with Crippen LogP contribution < -0.4 is 10.9 Å². The van der Waals surface area contributed by atoms with Gasteiger partial charge in [-0.2, -0.15) is 0 Å². The number of hydrogen-bond donors (Lipinski definition) is 1. The van der Waals surface area contributed by atoms with E-state index < -0.39 is 0 Å². The molecule has 7 nitrogen and oxygen atoms in total. The number of carbonyl (C=O) groups is 1. The van der Waals surface area contributed by atoms with Gasteiger partial charge in [0.25, 0.3) is 5.56 Å². The summed E-state index contributed by atoms with van der Waals surface area (Å²) in [5.74, 6) is 0.521. The highest BCUT2D eigenvalue weighted by atomic mass is 16.3. The molecule has 1 aromatic carbocycles. The zero-order valence-corrected chi connectivity index (χ0v) is 14.2. The van der Waals surface area contributed by atoms with Gasteiger partial charge in [-0.25, -0.2) is 4.98 Å². The standard InChI is InChI=1S/C18H20N4O3/c1-21(2)15(16-8-5-9-25-16)10-19-17(23)11-22-12-20-14-7-4-3-6-13(14)18(22)24/h3-9,12,15H,10-11H2,1-2H3,(H,19,23)/t15-/m1/s1. The van der Waals surface area contributed by atoms with E-state index in [1.165, 1.54) is 10.9 Å². The Bertz CT molecular complexity index is 915. The third kappa shape index (κ3) is 3.77. The highest BCUT2D eigenvalue weighted by Gasteiger charge is 2.18. The van der Waals surface area contributed by atoms with Crippen LogP contribution in [0.15, 0.2) is 58.2 Å². The molecule has 2 heterocycles. The van der Waals surface area contributed by atoms with E-state index in [0.717, 1.165) is 5.76 Å². The van der Waals surface area contributed by atoms with Crippen molar-refractivity contribution in [1.29, 1.82) is 0 Å². The number of para-hydroxylation sites is 1.